The van der Waals surface area contributed by atoms with Crippen molar-refractivity contribution < 1.29 is 9.15 Å². The van der Waals surface area contributed by atoms with Crippen molar-refractivity contribution in [1.82, 2.24) is 20.2 Å². The van der Waals surface area contributed by atoms with Gasteiger partial charge in [-0.25, -0.2) is 4.79 Å². The molecule has 18 heavy (non-hydrogen) atoms. The summed E-state index contributed by atoms with van der Waals surface area (Å²) in [5.74, 6) is 0.495. The molecule has 0 aliphatic rings. The summed E-state index contributed by atoms with van der Waals surface area (Å²) in [5, 5.41) is 11.6. The molecule has 0 bridgehead atoms. The Bertz CT molecular complexity index is 762. The number of nitrogens with zero attached hydrogens (tertiary/aromatic N) is 4. The van der Waals surface area contributed by atoms with Crippen molar-refractivity contribution in [3.05, 3.63) is 40.8 Å². The summed E-state index contributed by atoms with van der Waals surface area (Å²) < 4.78 is 11.9. The van der Waals surface area contributed by atoms with Crippen LogP contribution in [0.2, 0.25) is 0 Å². The number of fused-ring (bicyclic) bond motifs is 1. The zero-order chi connectivity index (χ0) is 12.5. The molecule has 0 aliphatic heterocycles. The second-order valence-corrected chi connectivity index (χ2v) is 3.64. The minimum Gasteiger partial charge on any atom is -0.423 e. The number of hydrogen-bond donors (Lipinski definition) is 0. The van der Waals surface area contributed by atoms with Gasteiger partial charge in [-0.2, -0.15) is 4.68 Å². The van der Waals surface area contributed by atoms with Crippen LogP contribution in [0.3, 0.4) is 0 Å². The standard InChI is InChI=1S/C11H8N4O3/c1-15-11(12-13-14-15)17-8-4-2-7-3-5-10(16)18-9(7)6-8/h2-6H,1H3. The Hall–Kier alpha value is -2.70. The van der Waals surface area contributed by atoms with Gasteiger partial charge in [0.1, 0.15) is 11.3 Å². The molecule has 2 aromatic heterocycles. The monoisotopic (exact) mass is 244 g/mol. The van der Waals surface area contributed by atoms with E-state index in [4.69, 9.17) is 9.15 Å². The minimum absolute atomic E-state index is 0.257. The van der Waals surface area contributed by atoms with Crippen LogP contribution in [0.15, 0.2) is 39.5 Å². The number of hydrogen-bond acceptors (Lipinski definition) is 6. The number of rotatable bonds is 2. The maximum atomic E-state index is 11.1. The van der Waals surface area contributed by atoms with E-state index in [-0.39, 0.29) is 6.01 Å². The first-order valence-electron chi connectivity index (χ1n) is 5.16. The van der Waals surface area contributed by atoms with Crippen LogP contribution in [0, 0.1) is 0 Å². The van der Waals surface area contributed by atoms with Crippen molar-refractivity contribution in [2.45, 2.75) is 0 Å². The van der Waals surface area contributed by atoms with Gasteiger partial charge in [0.25, 0.3) is 0 Å². The molecule has 7 heteroatoms. The van der Waals surface area contributed by atoms with Gasteiger partial charge in [-0.15, -0.1) is 0 Å². The summed E-state index contributed by atoms with van der Waals surface area (Å²) in [6, 6.07) is 8.47. The number of aryl methyl sites for hydroxylation is 1. The topological polar surface area (TPSA) is 83.0 Å². The van der Waals surface area contributed by atoms with Crippen LogP contribution in [-0.4, -0.2) is 20.2 Å². The van der Waals surface area contributed by atoms with Crippen LogP contribution in [0.1, 0.15) is 0 Å². The molecule has 3 aromatic rings. The average molecular weight is 244 g/mol. The van der Waals surface area contributed by atoms with Crippen LogP contribution in [0.5, 0.6) is 11.8 Å². The second kappa shape index (κ2) is 3.95. The quantitative estimate of drug-likeness (QED) is 0.628. The van der Waals surface area contributed by atoms with Crippen LogP contribution in [-0.2, 0) is 7.05 Å². The van der Waals surface area contributed by atoms with Crippen LogP contribution >= 0.6 is 0 Å². The lowest BCUT2D eigenvalue weighted by Crippen LogP contribution is -1.97. The molecular weight excluding hydrogens is 236 g/mol. The maximum Gasteiger partial charge on any atom is 0.340 e. The van der Waals surface area contributed by atoms with Gasteiger partial charge < -0.3 is 9.15 Å². The maximum absolute atomic E-state index is 11.1. The minimum atomic E-state index is -0.403. The van der Waals surface area contributed by atoms with Crippen molar-refractivity contribution in [3.63, 3.8) is 0 Å². The molecular formula is C11H8N4O3. The molecule has 0 spiro atoms. The van der Waals surface area contributed by atoms with E-state index in [0.29, 0.717) is 11.3 Å². The number of aromatic nitrogens is 4. The van der Waals surface area contributed by atoms with Crippen molar-refractivity contribution in [3.8, 4) is 11.8 Å². The molecule has 0 saturated heterocycles. The highest BCUT2D eigenvalue weighted by Gasteiger charge is 2.06. The van der Waals surface area contributed by atoms with Gasteiger partial charge in [0, 0.05) is 24.6 Å². The van der Waals surface area contributed by atoms with E-state index in [0.717, 1.165) is 5.39 Å². The van der Waals surface area contributed by atoms with Gasteiger partial charge >= 0.3 is 11.6 Å². The average Bonchev–Trinajstić information content (AvgIpc) is 2.74. The molecule has 90 valence electrons. The third-order valence-electron chi connectivity index (χ3n) is 2.38. The lowest BCUT2D eigenvalue weighted by Gasteiger charge is -2.03. The third-order valence-corrected chi connectivity index (χ3v) is 2.38. The van der Waals surface area contributed by atoms with Crippen LogP contribution in [0.25, 0.3) is 11.0 Å². The summed E-state index contributed by atoms with van der Waals surface area (Å²) in [5.41, 5.74) is 0.0510. The Kier molecular flexibility index (Phi) is 2.30. The van der Waals surface area contributed by atoms with Crippen LogP contribution in [0.4, 0.5) is 0 Å². The molecule has 0 unspecified atom stereocenters. The molecule has 3 rings (SSSR count). The van der Waals surface area contributed by atoms with E-state index in [2.05, 4.69) is 15.5 Å². The highest BCUT2D eigenvalue weighted by Crippen LogP contribution is 2.22. The SMILES string of the molecule is Cn1nnnc1Oc1ccc2ccc(=O)oc2c1. The molecule has 0 radical (unpaired) electrons. The number of benzene rings is 1. The zero-order valence-corrected chi connectivity index (χ0v) is 9.40. The molecule has 0 aliphatic carbocycles. The molecule has 1 aromatic carbocycles. The van der Waals surface area contributed by atoms with Gasteiger partial charge in [0.05, 0.1) is 0 Å². The van der Waals surface area contributed by atoms with Gasteiger partial charge in [-0.3, -0.25) is 0 Å². The van der Waals surface area contributed by atoms with Gasteiger partial charge in [-0.1, -0.05) is 5.10 Å². The predicted molar refractivity (Wildman–Crippen MR) is 61.4 cm³/mol. The fraction of sp³-hybridized carbons (Fsp3) is 0.0909. The van der Waals surface area contributed by atoms with E-state index < -0.39 is 5.63 Å². The van der Waals surface area contributed by atoms with Gasteiger partial charge in [0.15, 0.2) is 0 Å². The number of ether oxygens (including phenoxy) is 1. The summed E-state index contributed by atoms with van der Waals surface area (Å²) in [6.45, 7) is 0. The second-order valence-electron chi connectivity index (χ2n) is 3.64. The van der Waals surface area contributed by atoms with Crippen molar-refractivity contribution in [2.75, 3.05) is 0 Å². The molecule has 0 saturated carbocycles. The fourth-order valence-corrected chi connectivity index (χ4v) is 1.52. The Balaban J connectivity index is 2.03. The van der Waals surface area contributed by atoms with E-state index in [1.165, 1.54) is 10.7 Å². The highest BCUT2D eigenvalue weighted by atomic mass is 16.5. The first-order chi connectivity index (χ1) is 8.72. The predicted octanol–water partition coefficient (Wildman–Crippen LogP) is 1.11. The molecule has 0 N–H and O–H groups in total. The first-order valence-corrected chi connectivity index (χ1v) is 5.16. The van der Waals surface area contributed by atoms with E-state index >= 15 is 0 Å². The third kappa shape index (κ3) is 1.81. The van der Waals surface area contributed by atoms with Crippen LogP contribution < -0.4 is 10.4 Å². The molecule has 0 atom stereocenters. The van der Waals surface area contributed by atoms with E-state index in [1.807, 2.05) is 0 Å². The molecule has 7 nitrogen and oxygen atoms in total. The van der Waals surface area contributed by atoms with Gasteiger partial charge in [0.2, 0.25) is 0 Å². The Morgan fingerprint density at radius 1 is 1.28 bits per heavy atom. The summed E-state index contributed by atoms with van der Waals surface area (Å²) >= 11 is 0. The summed E-state index contributed by atoms with van der Waals surface area (Å²) in [7, 11) is 1.66. The van der Waals surface area contributed by atoms with Crippen molar-refractivity contribution in [1.29, 1.82) is 0 Å². The Morgan fingerprint density at radius 3 is 2.89 bits per heavy atom. The lowest BCUT2D eigenvalue weighted by molar-refractivity contribution is 0.414. The highest BCUT2D eigenvalue weighted by molar-refractivity contribution is 5.77. The summed E-state index contributed by atoms with van der Waals surface area (Å²) in [4.78, 5) is 11.1. The number of tetrazole rings is 1. The smallest absolute Gasteiger partial charge is 0.340 e. The molecule has 0 amide bonds. The summed E-state index contributed by atoms with van der Waals surface area (Å²) in [6.07, 6.45) is 0. The van der Waals surface area contributed by atoms with Gasteiger partial charge in [-0.05, 0) is 28.6 Å². The fourth-order valence-electron chi connectivity index (χ4n) is 1.52. The lowest BCUT2D eigenvalue weighted by atomic mass is 10.2. The molecule has 2 heterocycles. The Labute approximate surface area is 101 Å². The normalized spacial score (nSPS) is 10.7. The van der Waals surface area contributed by atoms with Crippen molar-refractivity contribution in [2.24, 2.45) is 7.05 Å². The van der Waals surface area contributed by atoms with E-state index in [1.54, 1.807) is 31.3 Å². The van der Waals surface area contributed by atoms with Crippen molar-refractivity contribution >= 4 is 11.0 Å². The first kappa shape index (κ1) is 10.5. The molecule has 0 fully saturated rings. The van der Waals surface area contributed by atoms with E-state index in [9.17, 15) is 4.79 Å². The Morgan fingerprint density at radius 2 is 2.11 bits per heavy atom. The zero-order valence-electron chi connectivity index (χ0n) is 9.40. The largest absolute Gasteiger partial charge is 0.423 e.